The lowest BCUT2D eigenvalue weighted by Crippen LogP contribution is -2.19. The molecule has 3 N–H and O–H groups in total. The van der Waals surface area contributed by atoms with Gasteiger partial charge in [-0.3, -0.25) is 9.59 Å². The van der Waals surface area contributed by atoms with Crippen LogP contribution in [0.25, 0.3) is 0 Å². The molecule has 3 aromatic rings. The highest BCUT2D eigenvalue weighted by Crippen LogP contribution is 2.36. The molecule has 0 unspecified atom stereocenters. The van der Waals surface area contributed by atoms with Gasteiger partial charge < -0.3 is 16.0 Å². The lowest BCUT2D eigenvalue weighted by Gasteiger charge is -2.14. The van der Waals surface area contributed by atoms with Crippen molar-refractivity contribution in [2.75, 3.05) is 21.7 Å². The van der Waals surface area contributed by atoms with Crippen LogP contribution in [0.1, 0.15) is 22.8 Å². The number of anilines is 3. The highest BCUT2D eigenvalue weighted by Gasteiger charge is 2.34. The van der Waals surface area contributed by atoms with Gasteiger partial charge in [-0.15, -0.1) is 11.8 Å². The number of ketones is 1. The van der Waals surface area contributed by atoms with E-state index in [4.69, 9.17) is 23.8 Å². The van der Waals surface area contributed by atoms with Crippen LogP contribution in [0.3, 0.4) is 0 Å². The molecule has 5 nitrogen and oxygen atoms in total. The van der Waals surface area contributed by atoms with Crippen LogP contribution < -0.4 is 16.0 Å². The van der Waals surface area contributed by atoms with E-state index < -0.39 is 17.6 Å². The van der Waals surface area contributed by atoms with E-state index in [0.29, 0.717) is 26.9 Å². The van der Waals surface area contributed by atoms with Gasteiger partial charge >= 0.3 is 6.18 Å². The van der Waals surface area contributed by atoms with E-state index in [1.54, 1.807) is 48.5 Å². The average Bonchev–Trinajstić information content (AvgIpc) is 2.79. The van der Waals surface area contributed by atoms with Gasteiger partial charge in [0.05, 0.1) is 17.0 Å². The first kappa shape index (κ1) is 26.5. The Hall–Kier alpha value is -3.08. The second-order valence-electron chi connectivity index (χ2n) is 7.27. The van der Waals surface area contributed by atoms with Gasteiger partial charge in [0.25, 0.3) is 0 Å². The van der Waals surface area contributed by atoms with Crippen LogP contribution >= 0.6 is 35.6 Å². The van der Waals surface area contributed by atoms with Crippen molar-refractivity contribution in [2.24, 2.45) is 0 Å². The third-order valence-electron chi connectivity index (χ3n) is 4.57. The molecule has 0 atom stereocenters. The van der Waals surface area contributed by atoms with E-state index in [2.05, 4.69) is 16.0 Å². The van der Waals surface area contributed by atoms with Gasteiger partial charge in [-0.25, -0.2) is 0 Å². The Morgan fingerprint density at radius 3 is 2.29 bits per heavy atom. The molecule has 0 aliphatic heterocycles. The first-order chi connectivity index (χ1) is 16.5. The normalized spacial score (nSPS) is 11.0. The molecule has 11 heteroatoms. The maximum atomic E-state index is 13.2. The van der Waals surface area contributed by atoms with Gasteiger partial charge in [0, 0.05) is 26.9 Å². The Labute approximate surface area is 214 Å². The average molecular weight is 538 g/mol. The summed E-state index contributed by atoms with van der Waals surface area (Å²) < 4.78 is 39.6. The van der Waals surface area contributed by atoms with E-state index >= 15 is 0 Å². The summed E-state index contributed by atoms with van der Waals surface area (Å²) in [7, 11) is 0. The molecule has 1 amide bonds. The Kier molecular flexibility index (Phi) is 8.76. The minimum Gasteiger partial charge on any atom is -0.332 e. The van der Waals surface area contributed by atoms with Crippen molar-refractivity contribution in [3.8, 4) is 0 Å². The minimum atomic E-state index is -4.65. The molecule has 0 bridgehead atoms. The number of carbonyl (C=O) groups is 2. The standard InChI is InChI=1S/C24H19ClF3N3O2S2/c1-14(32)15-5-8-17(9-6-15)29-23(34)30-18-3-2-4-19(12-18)35-13-22(33)31-21-10-7-16(25)11-20(21)24(26,27)28/h2-12H,13H2,1H3,(H,31,33)(H2,29,30,34). The number of Topliss-reactive ketones (excluding diaryl/α,β-unsaturated/α-hetero) is 1. The third kappa shape index (κ3) is 7.98. The lowest BCUT2D eigenvalue weighted by atomic mass is 10.1. The number of amides is 1. The topological polar surface area (TPSA) is 70.2 Å². The second-order valence-corrected chi connectivity index (χ2v) is 9.16. The first-order valence-electron chi connectivity index (χ1n) is 10.1. The zero-order valence-electron chi connectivity index (χ0n) is 18.2. The number of benzene rings is 3. The molecule has 0 spiro atoms. The minimum absolute atomic E-state index is 0.0331. The van der Waals surface area contributed by atoms with Crippen LogP contribution in [0.4, 0.5) is 30.2 Å². The number of rotatable bonds is 7. The molecular formula is C24H19ClF3N3O2S2. The fraction of sp³-hybridized carbons (Fsp3) is 0.125. The summed E-state index contributed by atoms with van der Waals surface area (Å²) in [6.07, 6.45) is -4.65. The monoisotopic (exact) mass is 537 g/mol. The fourth-order valence-corrected chi connectivity index (χ4v) is 4.10. The second kappa shape index (κ2) is 11.6. The predicted octanol–water partition coefficient (Wildman–Crippen LogP) is 7.10. The maximum absolute atomic E-state index is 13.2. The largest absolute Gasteiger partial charge is 0.418 e. The van der Waals surface area contributed by atoms with Gasteiger partial charge in [0.15, 0.2) is 10.9 Å². The molecule has 0 radical (unpaired) electrons. The Morgan fingerprint density at radius 1 is 0.943 bits per heavy atom. The Morgan fingerprint density at radius 2 is 1.63 bits per heavy atom. The number of hydrogen-bond donors (Lipinski definition) is 3. The Balaban J connectivity index is 1.56. The summed E-state index contributed by atoms with van der Waals surface area (Å²) in [6.45, 7) is 1.49. The van der Waals surface area contributed by atoms with Crippen LogP contribution in [0.5, 0.6) is 0 Å². The summed E-state index contributed by atoms with van der Waals surface area (Å²) in [6, 6.07) is 17.1. The van der Waals surface area contributed by atoms with Crippen LogP contribution in [-0.4, -0.2) is 22.6 Å². The summed E-state index contributed by atoms with van der Waals surface area (Å²) in [5, 5.41) is 8.58. The molecule has 0 heterocycles. The molecule has 0 aromatic heterocycles. The molecule has 182 valence electrons. The van der Waals surface area contributed by atoms with E-state index in [0.717, 1.165) is 23.9 Å². The fourth-order valence-electron chi connectivity index (χ4n) is 2.94. The van der Waals surface area contributed by atoms with Crippen LogP contribution in [-0.2, 0) is 11.0 Å². The van der Waals surface area contributed by atoms with Crippen molar-refractivity contribution < 1.29 is 22.8 Å². The lowest BCUT2D eigenvalue weighted by molar-refractivity contribution is -0.137. The van der Waals surface area contributed by atoms with Gasteiger partial charge in [-0.1, -0.05) is 17.7 Å². The highest BCUT2D eigenvalue weighted by atomic mass is 35.5. The molecule has 0 aliphatic rings. The summed E-state index contributed by atoms with van der Waals surface area (Å²) in [4.78, 5) is 24.4. The van der Waals surface area contributed by atoms with Gasteiger partial charge in [-0.05, 0) is 79.8 Å². The molecule has 35 heavy (non-hydrogen) atoms. The van der Waals surface area contributed by atoms with Crippen LogP contribution in [0, 0.1) is 0 Å². The number of hydrogen-bond acceptors (Lipinski definition) is 4. The number of halogens is 4. The Bertz CT molecular complexity index is 1250. The van der Waals surface area contributed by atoms with Gasteiger partial charge in [-0.2, -0.15) is 13.2 Å². The number of thiocarbonyl (C=S) groups is 1. The molecule has 0 fully saturated rings. The van der Waals surface area contributed by atoms with Crippen molar-refractivity contribution in [2.45, 2.75) is 18.0 Å². The number of alkyl halides is 3. The molecule has 0 saturated heterocycles. The van der Waals surface area contributed by atoms with E-state index in [9.17, 15) is 22.8 Å². The molecule has 0 saturated carbocycles. The van der Waals surface area contributed by atoms with E-state index in [1.165, 1.54) is 13.0 Å². The molecule has 0 aliphatic carbocycles. The zero-order valence-corrected chi connectivity index (χ0v) is 20.6. The maximum Gasteiger partial charge on any atom is 0.418 e. The smallest absolute Gasteiger partial charge is 0.332 e. The van der Waals surface area contributed by atoms with Crippen LogP contribution in [0.2, 0.25) is 5.02 Å². The summed E-state index contributed by atoms with van der Waals surface area (Å²) >= 11 is 12.1. The number of carbonyl (C=O) groups excluding carboxylic acids is 2. The van der Waals surface area contributed by atoms with Gasteiger partial charge in [0.2, 0.25) is 5.91 Å². The van der Waals surface area contributed by atoms with Gasteiger partial charge in [0.1, 0.15) is 0 Å². The molecular weight excluding hydrogens is 519 g/mol. The number of nitrogens with one attached hydrogen (secondary N) is 3. The van der Waals surface area contributed by atoms with Crippen LogP contribution in [0.15, 0.2) is 71.6 Å². The highest BCUT2D eigenvalue weighted by molar-refractivity contribution is 8.00. The van der Waals surface area contributed by atoms with Crippen molar-refractivity contribution in [3.63, 3.8) is 0 Å². The summed E-state index contributed by atoms with van der Waals surface area (Å²) in [5.41, 5.74) is 0.594. The van der Waals surface area contributed by atoms with E-state index in [-0.39, 0.29) is 22.2 Å². The predicted molar refractivity (Wildman–Crippen MR) is 139 cm³/mol. The molecule has 3 aromatic carbocycles. The number of thioether (sulfide) groups is 1. The quantitative estimate of drug-likeness (QED) is 0.170. The zero-order chi connectivity index (χ0) is 25.6. The summed E-state index contributed by atoms with van der Waals surface area (Å²) in [5.74, 6) is -0.726. The van der Waals surface area contributed by atoms with Crippen molar-refractivity contribution in [1.82, 2.24) is 0 Å². The van der Waals surface area contributed by atoms with Crippen molar-refractivity contribution in [3.05, 3.63) is 82.9 Å². The first-order valence-corrected chi connectivity index (χ1v) is 11.9. The molecule has 3 rings (SSSR count). The van der Waals surface area contributed by atoms with E-state index in [1.807, 2.05) is 0 Å². The third-order valence-corrected chi connectivity index (χ3v) is 6.01. The van der Waals surface area contributed by atoms with Crippen molar-refractivity contribution in [1.29, 1.82) is 0 Å². The SMILES string of the molecule is CC(=O)c1ccc(NC(=S)Nc2cccc(SCC(=O)Nc3ccc(Cl)cc3C(F)(F)F)c2)cc1. The van der Waals surface area contributed by atoms with Crippen molar-refractivity contribution >= 4 is 69.4 Å².